The van der Waals surface area contributed by atoms with Gasteiger partial charge >= 0.3 is 0 Å². The van der Waals surface area contributed by atoms with Crippen LogP contribution in [0.5, 0.6) is 0 Å². The average molecular weight is 310 g/mol. The summed E-state index contributed by atoms with van der Waals surface area (Å²) in [5.74, 6) is 0. The SMILES string of the molecule is CC(C#N)N(C)S(=O)(=O)c1cc([N+](=O)[O-])c(Cl)s1. The van der Waals surface area contributed by atoms with E-state index in [1.165, 1.54) is 14.0 Å². The molecular weight excluding hydrogens is 302 g/mol. The van der Waals surface area contributed by atoms with Gasteiger partial charge in [0.05, 0.1) is 11.0 Å². The van der Waals surface area contributed by atoms with Gasteiger partial charge in [-0.1, -0.05) is 11.6 Å². The lowest BCUT2D eigenvalue weighted by molar-refractivity contribution is -0.384. The first-order valence-corrected chi connectivity index (χ1v) is 7.16. The monoisotopic (exact) mass is 309 g/mol. The minimum atomic E-state index is -3.95. The van der Waals surface area contributed by atoms with Crippen molar-refractivity contribution in [1.29, 1.82) is 5.26 Å². The predicted octanol–water partition coefficient (Wildman–Crippen LogP) is 1.84. The van der Waals surface area contributed by atoms with Gasteiger partial charge in [0.2, 0.25) is 0 Å². The molecule has 1 aromatic heterocycles. The number of nitro groups is 1. The van der Waals surface area contributed by atoms with Crippen molar-refractivity contribution in [1.82, 2.24) is 4.31 Å². The molecule has 0 aromatic carbocycles. The smallest absolute Gasteiger partial charge is 0.258 e. The van der Waals surface area contributed by atoms with Crippen LogP contribution in [-0.2, 0) is 10.0 Å². The number of nitrogens with zero attached hydrogens (tertiary/aromatic N) is 3. The van der Waals surface area contributed by atoms with Crippen molar-refractivity contribution in [2.24, 2.45) is 0 Å². The number of sulfonamides is 1. The fraction of sp³-hybridized carbons (Fsp3) is 0.375. The molecule has 98 valence electrons. The Bertz CT molecular complexity index is 619. The maximum Gasteiger partial charge on any atom is 0.300 e. The summed E-state index contributed by atoms with van der Waals surface area (Å²) in [6.45, 7) is 1.40. The molecule has 10 heteroatoms. The molecule has 0 spiro atoms. The second-order valence-electron chi connectivity index (χ2n) is 3.31. The molecular formula is C8H8ClN3O4S2. The summed E-state index contributed by atoms with van der Waals surface area (Å²) in [7, 11) is -2.72. The van der Waals surface area contributed by atoms with E-state index >= 15 is 0 Å². The van der Waals surface area contributed by atoms with Crippen molar-refractivity contribution >= 4 is 38.6 Å². The quantitative estimate of drug-likeness (QED) is 0.623. The highest BCUT2D eigenvalue weighted by Gasteiger charge is 2.30. The van der Waals surface area contributed by atoms with Gasteiger partial charge in [-0.2, -0.15) is 9.57 Å². The van der Waals surface area contributed by atoms with E-state index in [-0.39, 0.29) is 8.55 Å². The van der Waals surface area contributed by atoms with Crippen LogP contribution in [0.25, 0.3) is 0 Å². The van der Waals surface area contributed by atoms with Crippen LogP contribution in [0.15, 0.2) is 10.3 Å². The Balaban J connectivity index is 3.27. The van der Waals surface area contributed by atoms with Crippen LogP contribution in [0.3, 0.4) is 0 Å². The van der Waals surface area contributed by atoms with E-state index in [4.69, 9.17) is 16.9 Å². The second kappa shape index (κ2) is 5.19. The van der Waals surface area contributed by atoms with Gasteiger partial charge in [0.15, 0.2) is 4.34 Å². The number of rotatable bonds is 4. The standard InChI is InChI=1S/C8H8ClN3O4S2/c1-5(4-10)11(2)18(15,16)7-3-6(12(13)14)8(9)17-7/h3,5H,1-2H3. The third kappa shape index (κ3) is 2.62. The van der Waals surface area contributed by atoms with Crippen LogP contribution in [0.4, 0.5) is 5.69 Å². The summed E-state index contributed by atoms with van der Waals surface area (Å²) in [5, 5.41) is 19.3. The van der Waals surface area contributed by atoms with E-state index in [2.05, 4.69) is 0 Å². The largest absolute Gasteiger partial charge is 0.300 e. The average Bonchev–Trinajstić information content (AvgIpc) is 2.70. The van der Waals surface area contributed by atoms with Crippen molar-refractivity contribution in [3.05, 3.63) is 20.5 Å². The molecule has 0 N–H and O–H groups in total. The summed E-state index contributed by atoms with van der Waals surface area (Å²) < 4.78 is 24.4. The lowest BCUT2D eigenvalue weighted by Gasteiger charge is -2.17. The topological polar surface area (TPSA) is 104 Å². The summed E-state index contributed by atoms with van der Waals surface area (Å²) in [6, 6.07) is 1.78. The van der Waals surface area contributed by atoms with E-state index in [9.17, 15) is 18.5 Å². The molecule has 1 heterocycles. The van der Waals surface area contributed by atoms with Gasteiger partial charge in [-0.3, -0.25) is 10.1 Å². The zero-order valence-corrected chi connectivity index (χ0v) is 11.7. The lowest BCUT2D eigenvalue weighted by Crippen LogP contribution is -2.33. The van der Waals surface area contributed by atoms with Gasteiger partial charge in [-0.15, -0.1) is 11.3 Å². The van der Waals surface area contributed by atoms with E-state index in [0.717, 1.165) is 10.4 Å². The van der Waals surface area contributed by atoms with Crippen LogP contribution in [0.1, 0.15) is 6.92 Å². The minimum Gasteiger partial charge on any atom is -0.258 e. The molecule has 0 aliphatic heterocycles. The minimum absolute atomic E-state index is 0.211. The first-order chi connectivity index (χ1) is 8.21. The normalized spacial score (nSPS) is 13.3. The Labute approximate surface area is 112 Å². The maximum absolute atomic E-state index is 12.0. The third-order valence-corrected chi connectivity index (χ3v) is 5.92. The Morgan fingerprint density at radius 3 is 2.61 bits per heavy atom. The molecule has 0 saturated carbocycles. The van der Waals surface area contributed by atoms with Crippen LogP contribution in [0, 0.1) is 21.4 Å². The summed E-state index contributed by atoms with van der Waals surface area (Å²) >= 11 is 6.18. The van der Waals surface area contributed by atoms with E-state index in [0.29, 0.717) is 11.3 Å². The number of thiophene rings is 1. The van der Waals surface area contributed by atoms with Crippen LogP contribution < -0.4 is 0 Å². The van der Waals surface area contributed by atoms with Crippen LogP contribution >= 0.6 is 22.9 Å². The zero-order chi connectivity index (χ0) is 14.1. The van der Waals surface area contributed by atoms with Gasteiger partial charge in [-0.25, -0.2) is 8.42 Å². The molecule has 1 unspecified atom stereocenters. The highest BCUT2D eigenvalue weighted by Crippen LogP contribution is 2.37. The third-order valence-electron chi connectivity index (χ3n) is 2.21. The van der Waals surface area contributed by atoms with Crippen molar-refractivity contribution in [3.8, 4) is 6.07 Å². The fourth-order valence-electron chi connectivity index (χ4n) is 1.02. The Morgan fingerprint density at radius 1 is 1.67 bits per heavy atom. The number of nitriles is 1. The molecule has 0 aliphatic carbocycles. The molecule has 1 aromatic rings. The molecule has 1 atom stereocenters. The Kier molecular flexibility index (Phi) is 4.28. The summed E-state index contributed by atoms with van der Waals surface area (Å²) in [4.78, 5) is 9.83. The van der Waals surface area contributed by atoms with Gasteiger partial charge in [-0.05, 0) is 6.92 Å². The zero-order valence-electron chi connectivity index (χ0n) is 9.32. The van der Waals surface area contributed by atoms with E-state index in [1.807, 2.05) is 0 Å². The van der Waals surface area contributed by atoms with Crippen molar-refractivity contribution in [2.45, 2.75) is 17.2 Å². The molecule has 0 bridgehead atoms. The molecule has 7 nitrogen and oxygen atoms in total. The van der Waals surface area contributed by atoms with Gasteiger partial charge in [0, 0.05) is 13.1 Å². The second-order valence-corrected chi connectivity index (χ2v) is 7.19. The van der Waals surface area contributed by atoms with Gasteiger partial charge in [0.25, 0.3) is 15.7 Å². The fourth-order valence-corrected chi connectivity index (χ4v) is 4.15. The molecule has 0 fully saturated rings. The van der Waals surface area contributed by atoms with E-state index in [1.54, 1.807) is 6.07 Å². The highest BCUT2D eigenvalue weighted by molar-refractivity contribution is 7.91. The molecule has 0 saturated heterocycles. The molecule has 0 amide bonds. The molecule has 0 radical (unpaired) electrons. The molecule has 1 rings (SSSR count). The number of hydrogen-bond donors (Lipinski definition) is 0. The first-order valence-electron chi connectivity index (χ1n) is 4.53. The van der Waals surface area contributed by atoms with Crippen molar-refractivity contribution < 1.29 is 13.3 Å². The molecule has 0 aliphatic rings. The van der Waals surface area contributed by atoms with Gasteiger partial charge < -0.3 is 0 Å². The first kappa shape index (κ1) is 14.8. The Hall–Kier alpha value is -1.21. The predicted molar refractivity (Wildman–Crippen MR) is 66.0 cm³/mol. The highest BCUT2D eigenvalue weighted by atomic mass is 35.5. The van der Waals surface area contributed by atoms with Gasteiger partial charge in [0.1, 0.15) is 10.3 Å². The van der Waals surface area contributed by atoms with E-state index < -0.39 is 26.7 Å². The summed E-state index contributed by atoms with van der Waals surface area (Å²) in [5.41, 5.74) is -0.460. The van der Waals surface area contributed by atoms with Crippen LogP contribution in [0.2, 0.25) is 4.34 Å². The summed E-state index contributed by atoms with van der Waals surface area (Å²) in [6.07, 6.45) is 0. The van der Waals surface area contributed by atoms with Crippen molar-refractivity contribution in [3.63, 3.8) is 0 Å². The molecule has 18 heavy (non-hydrogen) atoms. The number of hydrogen-bond acceptors (Lipinski definition) is 6. The maximum atomic E-state index is 12.0. The Morgan fingerprint density at radius 2 is 2.22 bits per heavy atom. The lowest BCUT2D eigenvalue weighted by atomic mass is 10.4. The van der Waals surface area contributed by atoms with Crippen molar-refractivity contribution in [2.75, 3.05) is 7.05 Å². The van der Waals surface area contributed by atoms with Crippen LogP contribution in [-0.4, -0.2) is 30.7 Å². The number of halogens is 1.